The SMILES string of the molecule is CC(C)=CC[C@]1(C(=O)NCc2cnn(C)c2)C[C@H]2CC[C@@H]1N2C1Cc2ccccc2C1. The maximum atomic E-state index is 13.7. The number of hydrogen-bond donors (Lipinski definition) is 1. The van der Waals surface area contributed by atoms with E-state index in [0.717, 1.165) is 37.7 Å². The summed E-state index contributed by atoms with van der Waals surface area (Å²) < 4.78 is 1.79. The summed E-state index contributed by atoms with van der Waals surface area (Å²) in [4.78, 5) is 16.5. The van der Waals surface area contributed by atoms with Gasteiger partial charge in [-0.15, -0.1) is 0 Å². The van der Waals surface area contributed by atoms with E-state index in [0.29, 0.717) is 24.7 Å². The van der Waals surface area contributed by atoms with Gasteiger partial charge in [0.2, 0.25) is 5.91 Å². The predicted octanol–water partition coefficient (Wildman–Crippen LogP) is 3.78. The number of aromatic nitrogens is 2. The largest absolute Gasteiger partial charge is 0.351 e. The molecule has 164 valence electrons. The second-order valence-corrected chi connectivity index (χ2v) is 10.1. The molecule has 2 fully saturated rings. The van der Waals surface area contributed by atoms with Crippen molar-refractivity contribution < 1.29 is 4.79 Å². The molecular weight excluding hydrogens is 384 g/mol. The maximum Gasteiger partial charge on any atom is 0.228 e. The van der Waals surface area contributed by atoms with Gasteiger partial charge >= 0.3 is 0 Å². The summed E-state index contributed by atoms with van der Waals surface area (Å²) in [6.45, 7) is 4.83. The van der Waals surface area contributed by atoms with Gasteiger partial charge in [-0.2, -0.15) is 5.10 Å². The quantitative estimate of drug-likeness (QED) is 0.727. The van der Waals surface area contributed by atoms with Gasteiger partial charge in [0, 0.05) is 43.5 Å². The molecule has 0 saturated carbocycles. The molecule has 1 aliphatic carbocycles. The number of rotatable bonds is 6. The van der Waals surface area contributed by atoms with Crippen molar-refractivity contribution in [3.8, 4) is 0 Å². The van der Waals surface area contributed by atoms with Crippen LogP contribution >= 0.6 is 0 Å². The van der Waals surface area contributed by atoms with Crippen LogP contribution in [0.15, 0.2) is 48.3 Å². The first-order valence-electron chi connectivity index (χ1n) is 11.7. The minimum absolute atomic E-state index is 0.224. The summed E-state index contributed by atoms with van der Waals surface area (Å²) >= 11 is 0. The van der Waals surface area contributed by atoms with Gasteiger partial charge in [-0.25, -0.2) is 0 Å². The highest BCUT2D eigenvalue weighted by Gasteiger charge is 2.60. The lowest BCUT2D eigenvalue weighted by Gasteiger charge is -2.37. The molecule has 2 aromatic rings. The lowest BCUT2D eigenvalue weighted by atomic mass is 9.70. The van der Waals surface area contributed by atoms with Gasteiger partial charge in [0.15, 0.2) is 0 Å². The second kappa shape index (κ2) is 7.94. The number of benzene rings is 1. The number of aryl methyl sites for hydroxylation is 1. The van der Waals surface area contributed by atoms with Gasteiger partial charge in [-0.1, -0.05) is 35.9 Å². The van der Waals surface area contributed by atoms with Gasteiger partial charge < -0.3 is 5.32 Å². The molecule has 2 saturated heterocycles. The van der Waals surface area contributed by atoms with Crippen LogP contribution in [-0.4, -0.2) is 38.7 Å². The molecule has 3 heterocycles. The zero-order valence-corrected chi connectivity index (χ0v) is 19.0. The Kier molecular flexibility index (Phi) is 5.25. The van der Waals surface area contributed by atoms with Crippen LogP contribution in [0.25, 0.3) is 0 Å². The first-order valence-corrected chi connectivity index (χ1v) is 11.7. The summed E-state index contributed by atoms with van der Waals surface area (Å²) in [7, 11) is 1.91. The first-order chi connectivity index (χ1) is 15.0. The van der Waals surface area contributed by atoms with Crippen molar-refractivity contribution in [3.05, 3.63) is 65.0 Å². The van der Waals surface area contributed by atoms with Crippen molar-refractivity contribution in [1.29, 1.82) is 0 Å². The van der Waals surface area contributed by atoms with Crippen molar-refractivity contribution in [1.82, 2.24) is 20.0 Å². The number of hydrogen-bond acceptors (Lipinski definition) is 3. The standard InChI is InChI=1S/C26H34N4O/c1-18(2)10-11-26(25(31)27-15-19-16-28-29(3)17-19)14-22-8-9-24(26)30(22)23-12-20-6-4-5-7-21(20)13-23/h4-7,10,16-17,22-24H,8-9,11-15H2,1-3H3,(H,27,31)/t22-,24+,26+/m1/s1. The topological polar surface area (TPSA) is 50.2 Å². The van der Waals surface area contributed by atoms with Crippen molar-refractivity contribution in [2.45, 2.75) is 77.0 Å². The Morgan fingerprint density at radius 3 is 2.58 bits per heavy atom. The van der Waals surface area contributed by atoms with Crippen molar-refractivity contribution >= 4 is 5.91 Å². The van der Waals surface area contributed by atoms with E-state index >= 15 is 0 Å². The second-order valence-electron chi connectivity index (χ2n) is 10.1. The summed E-state index contributed by atoms with van der Waals surface area (Å²) in [5.74, 6) is 0.224. The molecular formula is C26H34N4O. The van der Waals surface area contributed by atoms with Crippen molar-refractivity contribution in [3.63, 3.8) is 0 Å². The summed E-state index contributed by atoms with van der Waals surface area (Å²) in [5.41, 5.74) is 5.02. The van der Waals surface area contributed by atoms with Crippen LogP contribution in [0, 0.1) is 5.41 Å². The van der Waals surface area contributed by atoms with E-state index in [1.165, 1.54) is 23.1 Å². The van der Waals surface area contributed by atoms with Crippen LogP contribution in [0.5, 0.6) is 0 Å². The number of carbonyl (C=O) groups is 1. The third kappa shape index (κ3) is 3.63. The number of fused-ring (bicyclic) bond motifs is 3. The van der Waals surface area contributed by atoms with Gasteiger partial charge in [-0.05, 0) is 63.5 Å². The lowest BCUT2D eigenvalue weighted by molar-refractivity contribution is -0.133. The Balaban J connectivity index is 1.38. The Bertz CT molecular complexity index is 979. The monoisotopic (exact) mass is 418 g/mol. The van der Waals surface area contributed by atoms with Gasteiger partial charge in [-0.3, -0.25) is 14.4 Å². The van der Waals surface area contributed by atoms with Crippen LogP contribution in [0.3, 0.4) is 0 Å². The first kappa shape index (κ1) is 20.5. The smallest absolute Gasteiger partial charge is 0.228 e. The Morgan fingerprint density at radius 1 is 1.19 bits per heavy atom. The number of allylic oxidation sites excluding steroid dienone is 2. The van der Waals surface area contributed by atoms with Gasteiger partial charge in [0.25, 0.3) is 0 Å². The lowest BCUT2D eigenvalue weighted by Crippen LogP contribution is -2.50. The van der Waals surface area contributed by atoms with Gasteiger partial charge in [0.1, 0.15) is 0 Å². The van der Waals surface area contributed by atoms with Crippen LogP contribution in [0.1, 0.15) is 56.2 Å². The Labute approximate surface area is 185 Å². The molecule has 0 radical (unpaired) electrons. The van der Waals surface area contributed by atoms with E-state index in [-0.39, 0.29) is 11.3 Å². The number of nitrogens with zero attached hydrogens (tertiary/aromatic N) is 3. The van der Waals surface area contributed by atoms with Gasteiger partial charge in [0.05, 0.1) is 11.6 Å². The summed E-state index contributed by atoms with van der Waals surface area (Å²) in [6, 6.07) is 10.3. The Morgan fingerprint density at radius 2 is 1.94 bits per heavy atom. The highest BCUT2D eigenvalue weighted by atomic mass is 16.2. The zero-order chi connectivity index (χ0) is 21.6. The third-order valence-electron chi connectivity index (χ3n) is 7.78. The molecule has 5 heteroatoms. The number of carbonyl (C=O) groups excluding carboxylic acids is 1. The number of nitrogens with one attached hydrogen (secondary N) is 1. The molecule has 5 rings (SSSR count). The van der Waals surface area contributed by atoms with Crippen LogP contribution in [0.2, 0.25) is 0 Å². The molecule has 1 aromatic heterocycles. The Hall–Kier alpha value is -2.40. The minimum Gasteiger partial charge on any atom is -0.351 e. The molecule has 31 heavy (non-hydrogen) atoms. The van der Waals surface area contributed by atoms with E-state index in [1.54, 1.807) is 4.68 Å². The van der Waals surface area contributed by atoms with Crippen molar-refractivity contribution in [2.24, 2.45) is 12.5 Å². The average molecular weight is 419 g/mol. The van der Waals surface area contributed by atoms with E-state index < -0.39 is 0 Å². The predicted molar refractivity (Wildman–Crippen MR) is 122 cm³/mol. The van der Waals surface area contributed by atoms with E-state index in [2.05, 4.69) is 59.5 Å². The molecule has 2 aliphatic heterocycles. The van der Waals surface area contributed by atoms with E-state index in [4.69, 9.17) is 0 Å². The molecule has 0 spiro atoms. The highest BCUT2D eigenvalue weighted by Crippen LogP contribution is 2.54. The fourth-order valence-electron chi connectivity index (χ4n) is 6.39. The molecule has 3 atom stereocenters. The zero-order valence-electron chi connectivity index (χ0n) is 19.0. The molecule has 5 nitrogen and oxygen atoms in total. The average Bonchev–Trinajstić information content (AvgIpc) is 3.51. The van der Waals surface area contributed by atoms with Crippen LogP contribution in [0.4, 0.5) is 0 Å². The minimum atomic E-state index is -0.322. The molecule has 0 unspecified atom stereocenters. The molecule has 1 N–H and O–H groups in total. The van der Waals surface area contributed by atoms with Crippen LogP contribution in [-0.2, 0) is 31.2 Å². The fraction of sp³-hybridized carbons (Fsp3) is 0.538. The van der Waals surface area contributed by atoms with Crippen molar-refractivity contribution in [2.75, 3.05) is 0 Å². The van der Waals surface area contributed by atoms with E-state index in [1.807, 2.05) is 19.4 Å². The normalized spacial score (nSPS) is 27.5. The molecule has 2 bridgehead atoms. The molecule has 3 aliphatic rings. The highest BCUT2D eigenvalue weighted by molar-refractivity contribution is 5.84. The maximum absolute atomic E-state index is 13.7. The molecule has 1 aromatic carbocycles. The third-order valence-corrected chi connectivity index (χ3v) is 7.78. The summed E-state index contributed by atoms with van der Waals surface area (Å²) in [5, 5.41) is 7.52. The summed E-state index contributed by atoms with van der Waals surface area (Å²) in [6.07, 6.45) is 12.5. The molecule has 1 amide bonds. The fourth-order valence-corrected chi connectivity index (χ4v) is 6.39. The number of amides is 1. The van der Waals surface area contributed by atoms with Crippen LogP contribution < -0.4 is 5.32 Å². The van der Waals surface area contributed by atoms with E-state index in [9.17, 15) is 4.79 Å².